The van der Waals surface area contributed by atoms with Crippen LogP contribution in [0, 0.1) is 5.92 Å². The molecule has 1 aliphatic heterocycles. The topological polar surface area (TPSA) is 32.3 Å². The van der Waals surface area contributed by atoms with Crippen molar-refractivity contribution in [2.45, 2.75) is 51.4 Å². The Kier molecular flexibility index (Phi) is 4.49. The van der Waals surface area contributed by atoms with Crippen molar-refractivity contribution in [2.75, 3.05) is 19.6 Å². The second kappa shape index (κ2) is 6.12. The van der Waals surface area contributed by atoms with E-state index in [-0.39, 0.29) is 6.03 Å². The van der Waals surface area contributed by atoms with Crippen molar-refractivity contribution in [3.63, 3.8) is 0 Å². The van der Waals surface area contributed by atoms with E-state index in [1.54, 1.807) is 0 Å². The highest BCUT2D eigenvalue weighted by molar-refractivity contribution is 5.74. The Morgan fingerprint density at radius 2 is 1.81 bits per heavy atom. The van der Waals surface area contributed by atoms with Gasteiger partial charge in [-0.1, -0.05) is 25.7 Å². The molecule has 0 aromatic rings. The number of amides is 2. The first-order valence-corrected chi connectivity index (χ1v) is 6.89. The van der Waals surface area contributed by atoms with E-state index in [1.165, 1.54) is 44.9 Å². The number of nitrogens with one attached hydrogen (secondary N) is 1. The third-order valence-electron chi connectivity index (χ3n) is 3.93. The van der Waals surface area contributed by atoms with Crippen LogP contribution < -0.4 is 5.32 Å². The van der Waals surface area contributed by atoms with Crippen molar-refractivity contribution in [2.24, 2.45) is 5.92 Å². The lowest BCUT2D eigenvalue weighted by Crippen LogP contribution is -2.38. The molecule has 0 bridgehead atoms. The predicted molar refractivity (Wildman–Crippen MR) is 65.4 cm³/mol. The van der Waals surface area contributed by atoms with E-state index in [1.807, 2.05) is 4.90 Å². The van der Waals surface area contributed by atoms with Gasteiger partial charge in [-0.15, -0.1) is 0 Å². The van der Waals surface area contributed by atoms with Crippen LogP contribution in [0.1, 0.15) is 51.4 Å². The number of nitrogens with zero attached hydrogens (tertiary/aromatic N) is 1. The lowest BCUT2D eigenvalue weighted by atomic mass is 10.0. The highest BCUT2D eigenvalue weighted by Crippen LogP contribution is 2.28. The summed E-state index contributed by atoms with van der Waals surface area (Å²) in [5.74, 6) is 0.948. The van der Waals surface area contributed by atoms with Gasteiger partial charge in [-0.25, -0.2) is 4.79 Å². The normalized spacial score (nSPS) is 21.6. The maximum Gasteiger partial charge on any atom is 0.317 e. The van der Waals surface area contributed by atoms with Gasteiger partial charge in [0.15, 0.2) is 0 Å². The van der Waals surface area contributed by atoms with Crippen LogP contribution in [0.3, 0.4) is 0 Å². The van der Waals surface area contributed by atoms with Crippen LogP contribution in [-0.2, 0) is 0 Å². The molecule has 2 amide bonds. The quantitative estimate of drug-likeness (QED) is 0.732. The van der Waals surface area contributed by atoms with Crippen LogP contribution in [-0.4, -0.2) is 30.6 Å². The van der Waals surface area contributed by atoms with Crippen LogP contribution in [0.2, 0.25) is 0 Å². The molecule has 0 unspecified atom stereocenters. The van der Waals surface area contributed by atoms with Gasteiger partial charge in [0.1, 0.15) is 0 Å². The Morgan fingerprint density at radius 1 is 1.12 bits per heavy atom. The van der Waals surface area contributed by atoms with Crippen molar-refractivity contribution in [3.8, 4) is 0 Å². The van der Waals surface area contributed by atoms with Gasteiger partial charge in [0, 0.05) is 19.6 Å². The lowest BCUT2D eigenvalue weighted by Gasteiger charge is -2.16. The summed E-state index contributed by atoms with van der Waals surface area (Å²) in [7, 11) is 0. The number of urea groups is 1. The molecule has 92 valence electrons. The summed E-state index contributed by atoms with van der Waals surface area (Å²) in [5.41, 5.74) is 0. The zero-order chi connectivity index (χ0) is 11.2. The fraction of sp³-hybridized carbons (Fsp3) is 0.923. The molecular weight excluding hydrogens is 200 g/mol. The van der Waals surface area contributed by atoms with Crippen molar-refractivity contribution in [1.82, 2.24) is 10.2 Å². The number of rotatable bonds is 4. The Morgan fingerprint density at radius 3 is 2.50 bits per heavy atom. The highest BCUT2D eigenvalue weighted by Gasteiger charge is 2.17. The summed E-state index contributed by atoms with van der Waals surface area (Å²) in [4.78, 5) is 13.6. The van der Waals surface area contributed by atoms with E-state index in [0.29, 0.717) is 0 Å². The van der Waals surface area contributed by atoms with Crippen LogP contribution in [0.15, 0.2) is 0 Å². The Bertz CT molecular complexity index is 218. The molecule has 0 aromatic carbocycles. The van der Waals surface area contributed by atoms with E-state index >= 15 is 0 Å². The zero-order valence-corrected chi connectivity index (χ0v) is 10.2. The second-order valence-corrected chi connectivity index (χ2v) is 5.22. The van der Waals surface area contributed by atoms with E-state index in [9.17, 15) is 4.79 Å². The molecule has 0 radical (unpaired) electrons. The standard InChI is InChI=1S/C13H24N2O/c16-13(15-10-3-4-11-15)14-9-5-8-12-6-1-2-7-12/h12H,1-11H2,(H,14,16). The summed E-state index contributed by atoms with van der Waals surface area (Å²) < 4.78 is 0. The van der Waals surface area contributed by atoms with Crippen molar-refractivity contribution >= 4 is 6.03 Å². The molecule has 3 nitrogen and oxygen atoms in total. The molecule has 0 aromatic heterocycles. The predicted octanol–water partition coefficient (Wildman–Crippen LogP) is 2.76. The van der Waals surface area contributed by atoms with Crippen LogP contribution in [0.25, 0.3) is 0 Å². The first-order chi connectivity index (χ1) is 7.86. The first-order valence-electron chi connectivity index (χ1n) is 6.89. The van der Waals surface area contributed by atoms with Crippen molar-refractivity contribution in [3.05, 3.63) is 0 Å². The third-order valence-corrected chi connectivity index (χ3v) is 3.93. The van der Waals surface area contributed by atoms with Crippen LogP contribution >= 0.6 is 0 Å². The van der Waals surface area contributed by atoms with E-state index in [0.717, 1.165) is 32.0 Å². The van der Waals surface area contributed by atoms with Gasteiger partial charge in [-0.3, -0.25) is 0 Å². The van der Waals surface area contributed by atoms with Crippen LogP contribution in [0.5, 0.6) is 0 Å². The minimum absolute atomic E-state index is 0.156. The molecule has 1 heterocycles. The molecule has 1 saturated carbocycles. The molecule has 0 spiro atoms. The van der Waals surface area contributed by atoms with E-state index in [4.69, 9.17) is 0 Å². The Hall–Kier alpha value is -0.730. The molecule has 2 aliphatic rings. The Labute approximate surface area is 98.6 Å². The van der Waals surface area contributed by atoms with Gasteiger partial charge in [-0.2, -0.15) is 0 Å². The summed E-state index contributed by atoms with van der Waals surface area (Å²) in [5, 5.41) is 3.04. The molecular formula is C13H24N2O. The molecule has 1 N–H and O–H groups in total. The number of hydrogen-bond acceptors (Lipinski definition) is 1. The van der Waals surface area contributed by atoms with Gasteiger partial charge in [0.2, 0.25) is 0 Å². The summed E-state index contributed by atoms with van der Waals surface area (Å²) in [6, 6.07) is 0.156. The maximum absolute atomic E-state index is 11.7. The van der Waals surface area contributed by atoms with E-state index in [2.05, 4.69) is 5.32 Å². The number of likely N-dealkylation sites (tertiary alicyclic amines) is 1. The van der Waals surface area contributed by atoms with E-state index < -0.39 is 0 Å². The van der Waals surface area contributed by atoms with Gasteiger partial charge in [-0.05, 0) is 31.6 Å². The Balaban J connectivity index is 1.51. The van der Waals surface area contributed by atoms with Crippen molar-refractivity contribution in [1.29, 1.82) is 0 Å². The maximum atomic E-state index is 11.7. The lowest BCUT2D eigenvalue weighted by molar-refractivity contribution is 0.208. The number of carbonyl (C=O) groups is 1. The van der Waals surface area contributed by atoms with Gasteiger partial charge in [0.05, 0.1) is 0 Å². The molecule has 3 heteroatoms. The van der Waals surface area contributed by atoms with Gasteiger partial charge < -0.3 is 10.2 Å². The average Bonchev–Trinajstić information content (AvgIpc) is 2.96. The molecule has 2 rings (SSSR count). The molecule has 2 fully saturated rings. The van der Waals surface area contributed by atoms with Gasteiger partial charge >= 0.3 is 6.03 Å². The summed E-state index contributed by atoms with van der Waals surface area (Å²) in [6.45, 7) is 2.77. The number of carbonyl (C=O) groups excluding carboxylic acids is 1. The summed E-state index contributed by atoms with van der Waals surface area (Å²) >= 11 is 0. The SMILES string of the molecule is O=C(NCCCC1CCCC1)N1CCCC1. The van der Waals surface area contributed by atoms with Crippen molar-refractivity contribution < 1.29 is 4.79 Å². The average molecular weight is 224 g/mol. The summed E-state index contributed by atoms with van der Waals surface area (Å²) in [6.07, 6.45) is 10.5. The third kappa shape index (κ3) is 3.39. The molecule has 16 heavy (non-hydrogen) atoms. The molecule has 1 saturated heterocycles. The number of hydrogen-bond donors (Lipinski definition) is 1. The smallest absolute Gasteiger partial charge is 0.317 e. The second-order valence-electron chi connectivity index (χ2n) is 5.22. The zero-order valence-electron chi connectivity index (χ0n) is 10.2. The monoisotopic (exact) mass is 224 g/mol. The minimum Gasteiger partial charge on any atom is -0.338 e. The fourth-order valence-electron chi connectivity index (χ4n) is 2.92. The highest BCUT2D eigenvalue weighted by atomic mass is 16.2. The molecule has 0 atom stereocenters. The first kappa shape index (κ1) is 11.7. The molecule has 1 aliphatic carbocycles. The minimum atomic E-state index is 0.156. The fourth-order valence-corrected chi connectivity index (χ4v) is 2.92. The largest absolute Gasteiger partial charge is 0.338 e. The van der Waals surface area contributed by atoms with Gasteiger partial charge in [0.25, 0.3) is 0 Å². The van der Waals surface area contributed by atoms with Crippen LogP contribution in [0.4, 0.5) is 4.79 Å².